The Morgan fingerprint density at radius 2 is 2.19 bits per heavy atom. The van der Waals surface area contributed by atoms with E-state index in [0.717, 1.165) is 6.42 Å². The summed E-state index contributed by atoms with van der Waals surface area (Å²) in [6.45, 7) is 4.15. The van der Waals surface area contributed by atoms with E-state index in [0.29, 0.717) is 28.7 Å². The Balaban J connectivity index is 2.90. The van der Waals surface area contributed by atoms with Crippen molar-refractivity contribution < 1.29 is 9.53 Å². The highest BCUT2D eigenvalue weighted by molar-refractivity contribution is 6.30. The number of hydrogen-bond donors (Lipinski definition) is 0. The van der Waals surface area contributed by atoms with Crippen LogP contribution in [0.1, 0.15) is 37.0 Å². The number of rotatable bonds is 5. The molecule has 0 saturated heterocycles. The number of benzene rings is 1. The number of Topliss-reactive ketones (excluding diaryl/α,β-unsaturated/α-hetero) is 1. The van der Waals surface area contributed by atoms with E-state index in [9.17, 15) is 4.79 Å². The van der Waals surface area contributed by atoms with E-state index in [-0.39, 0.29) is 5.78 Å². The van der Waals surface area contributed by atoms with Crippen molar-refractivity contribution >= 4 is 17.4 Å². The molecule has 0 saturated carbocycles. The van der Waals surface area contributed by atoms with Gasteiger partial charge in [0.05, 0.1) is 12.7 Å². The molecule has 88 valence electrons. The van der Waals surface area contributed by atoms with Gasteiger partial charge in [-0.05, 0) is 24.1 Å². The Hall–Kier alpha value is -1.02. The predicted octanol–water partition coefficient (Wildman–Crippen LogP) is 3.97. The topological polar surface area (TPSA) is 26.3 Å². The Kier molecular flexibility index (Phi) is 4.81. The summed E-state index contributed by atoms with van der Waals surface area (Å²) in [5.74, 6) is 1.07. The van der Waals surface area contributed by atoms with Gasteiger partial charge in [0.25, 0.3) is 0 Å². The van der Waals surface area contributed by atoms with Crippen molar-refractivity contribution in [3.63, 3.8) is 0 Å². The third-order valence-corrected chi connectivity index (χ3v) is 2.93. The summed E-state index contributed by atoms with van der Waals surface area (Å²) in [7, 11) is 1.55. The molecule has 1 atom stereocenters. The van der Waals surface area contributed by atoms with Gasteiger partial charge in [0.2, 0.25) is 0 Å². The number of halogens is 1. The summed E-state index contributed by atoms with van der Waals surface area (Å²) in [6.07, 6.45) is 1.55. The molecule has 0 aromatic heterocycles. The molecule has 16 heavy (non-hydrogen) atoms. The fourth-order valence-electron chi connectivity index (χ4n) is 1.47. The summed E-state index contributed by atoms with van der Waals surface area (Å²) in [6, 6.07) is 5.12. The normalized spacial score (nSPS) is 12.2. The first-order valence-electron chi connectivity index (χ1n) is 5.45. The van der Waals surface area contributed by atoms with Crippen LogP contribution < -0.4 is 4.74 Å². The van der Waals surface area contributed by atoms with Gasteiger partial charge in [0.1, 0.15) is 5.75 Å². The van der Waals surface area contributed by atoms with Gasteiger partial charge in [-0.1, -0.05) is 31.9 Å². The van der Waals surface area contributed by atoms with Crippen molar-refractivity contribution in [1.29, 1.82) is 0 Å². The highest BCUT2D eigenvalue weighted by atomic mass is 35.5. The van der Waals surface area contributed by atoms with Crippen LogP contribution in [0.15, 0.2) is 18.2 Å². The van der Waals surface area contributed by atoms with Gasteiger partial charge < -0.3 is 4.74 Å². The molecule has 0 heterocycles. The highest BCUT2D eigenvalue weighted by Gasteiger charge is 2.14. The first-order chi connectivity index (χ1) is 7.58. The van der Waals surface area contributed by atoms with E-state index in [2.05, 4.69) is 13.8 Å². The second-order valence-electron chi connectivity index (χ2n) is 3.99. The number of carbonyl (C=O) groups excluding carboxylic acids is 1. The maximum absolute atomic E-state index is 12.0. The molecule has 0 N–H and O–H groups in total. The van der Waals surface area contributed by atoms with Crippen LogP contribution in [-0.2, 0) is 0 Å². The van der Waals surface area contributed by atoms with E-state index in [1.807, 2.05) is 0 Å². The van der Waals surface area contributed by atoms with Crippen LogP contribution in [0, 0.1) is 5.92 Å². The van der Waals surface area contributed by atoms with Gasteiger partial charge in [-0.15, -0.1) is 0 Å². The molecule has 0 bridgehead atoms. The van der Waals surface area contributed by atoms with Crippen molar-refractivity contribution in [3.8, 4) is 5.75 Å². The molecule has 1 aromatic rings. The van der Waals surface area contributed by atoms with Crippen LogP contribution in [0.2, 0.25) is 5.02 Å². The monoisotopic (exact) mass is 240 g/mol. The Morgan fingerprint density at radius 3 is 2.75 bits per heavy atom. The van der Waals surface area contributed by atoms with Crippen LogP contribution >= 0.6 is 11.6 Å². The molecule has 1 rings (SSSR count). The van der Waals surface area contributed by atoms with Crippen molar-refractivity contribution in [1.82, 2.24) is 0 Å². The van der Waals surface area contributed by atoms with E-state index < -0.39 is 0 Å². The second kappa shape index (κ2) is 5.90. The summed E-state index contributed by atoms with van der Waals surface area (Å²) in [4.78, 5) is 12.0. The Labute approximate surface area is 102 Å². The van der Waals surface area contributed by atoms with Crippen LogP contribution in [-0.4, -0.2) is 12.9 Å². The van der Waals surface area contributed by atoms with Gasteiger partial charge in [-0.25, -0.2) is 0 Å². The lowest BCUT2D eigenvalue weighted by Gasteiger charge is -2.10. The third kappa shape index (κ3) is 3.24. The molecule has 0 fully saturated rings. The Bertz CT molecular complexity index is 374. The molecule has 0 aliphatic rings. The fourth-order valence-corrected chi connectivity index (χ4v) is 1.63. The second-order valence-corrected chi connectivity index (χ2v) is 4.42. The average molecular weight is 241 g/mol. The van der Waals surface area contributed by atoms with E-state index in [1.54, 1.807) is 25.3 Å². The summed E-state index contributed by atoms with van der Waals surface area (Å²) in [5.41, 5.74) is 0.618. The van der Waals surface area contributed by atoms with Crippen LogP contribution in [0.5, 0.6) is 5.75 Å². The van der Waals surface area contributed by atoms with Crippen molar-refractivity contribution in [2.24, 2.45) is 5.92 Å². The van der Waals surface area contributed by atoms with Gasteiger partial charge in [-0.3, -0.25) is 4.79 Å². The van der Waals surface area contributed by atoms with E-state index in [4.69, 9.17) is 16.3 Å². The van der Waals surface area contributed by atoms with Gasteiger partial charge in [0, 0.05) is 11.4 Å². The molecule has 2 nitrogen and oxygen atoms in total. The van der Waals surface area contributed by atoms with Crippen molar-refractivity contribution in [3.05, 3.63) is 28.8 Å². The van der Waals surface area contributed by atoms with Crippen molar-refractivity contribution in [2.45, 2.75) is 26.7 Å². The first-order valence-corrected chi connectivity index (χ1v) is 5.83. The van der Waals surface area contributed by atoms with Crippen LogP contribution in [0.3, 0.4) is 0 Å². The maximum Gasteiger partial charge on any atom is 0.166 e. The minimum Gasteiger partial charge on any atom is -0.496 e. The quantitative estimate of drug-likeness (QED) is 0.728. The number of ketones is 1. The van der Waals surface area contributed by atoms with Gasteiger partial charge in [0.15, 0.2) is 5.78 Å². The molecular weight excluding hydrogens is 224 g/mol. The molecule has 0 radical (unpaired) electrons. The lowest BCUT2D eigenvalue weighted by Crippen LogP contribution is -2.07. The largest absolute Gasteiger partial charge is 0.496 e. The lowest BCUT2D eigenvalue weighted by molar-refractivity contribution is 0.0960. The average Bonchev–Trinajstić information content (AvgIpc) is 2.28. The minimum atomic E-state index is 0.114. The minimum absolute atomic E-state index is 0.114. The van der Waals surface area contributed by atoms with Gasteiger partial charge in [-0.2, -0.15) is 0 Å². The number of ether oxygens (including phenoxy) is 1. The fraction of sp³-hybridized carbons (Fsp3) is 0.462. The smallest absolute Gasteiger partial charge is 0.166 e. The van der Waals surface area contributed by atoms with E-state index in [1.165, 1.54) is 0 Å². The zero-order valence-electron chi connectivity index (χ0n) is 9.92. The van der Waals surface area contributed by atoms with Crippen molar-refractivity contribution in [2.75, 3.05) is 7.11 Å². The molecule has 0 aliphatic carbocycles. The van der Waals surface area contributed by atoms with E-state index >= 15 is 0 Å². The Morgan fingerprint density at radius 1 is 1.50 bits per heavy atom. The van der Waals surface area contributed by atoms with Crippen LogP contribution in [0.25, 0.3) is 0 Å². The predicted molar refractivity (Wildman–Crippen MR) is 66.4 cm³/mol. The zero-order chi connectivity index (χ0) is 12.1. The highest BCUT2D eigenvalue weighted by Crippen LogP contribution is 2.25. The molecule has 3 heteroatoms. The molecule has 1 aromatic carbocycles. The SMILES string of the molecule is CCC(C)CC(=O)c1ccc(Cl)cc1OC. The number of methoxy groups -OCH3 is 1. The zero-order valence-corrected chi connectivity index (χ0v) is 10.7. The molecule has 0 aliphatic heterocycles. The molecule has 1 unspecified atom stereocenters. The number of carbonyl (C=O) groups is 1. The van der Waals surface area contributed by atoms with Gasteiger partial charge >= 0.3 is 0 Å². The molecule has 0 amide bonds. The summed E-state index contributed by atoms with van der Waals surface area (Å²) < 4.78 is 5.16. The summed E-state index contributed by atoms with van der Waals surface area (Å²) >= 11 is 5.84. The molecule has 0 spiro atoms. The third-order valence-electron chi connectivity index (χ3n) is 2.69. The number of hydrogen-bond acceptors (Lipinski definition) is 2. The standard InChI is InChI=1S/C13H17ClO2/c1-4-9(2)7-12(15)11-6-5-10(14)8-13(11)16-3/h5-6,8-9H,4,7H2,1-3H3. The summed E-state index contributed by atoms with van der Waals surface area (Å²) in [5, 5.41) is 0.580. The first kappa shape index (κ1) is 13.0. The lowest BCUT2D eigenvalue weighted by atomic mass is 9.97. The maximum atomic E-state index is 12.0. The molecular formula is C13H17ClO2. The van der Waals surface area contributed by atoms with Crippen LogP contribution in [0.4, 0.5) is 0 Å².